The van der Waals surface area contributed by atoms with Crippen molar-refractivity contribution < 1.29 is 38.1 Å². The van der Waals surface area contributed by atoms with Crippen molar-refractivity contribution in [1.82, 2.24) is 0 Å². The standard InChI is InChI=1S/C4H12O8Si/c5-1-9-13(10-2-6,11-3-7)12-4-8/h5-8H,1-4H2. The predicted octanol–water partition coefficient (Wildman–Crippen LogP) is -2.71. The first-order valence-electron chi connectivity index (χ1n) is 3.24. The third-order valence-electron chi connectivity index (χ3n) is 0.965. The molecule has 0 aliphatic carbocycles. The van der Waals surface area contributed by atoms with E-state index in [1.54, 1.807) is 0 Å². The van der Waals surface area contributed by atoms with Crippen LogP contribution in [0.3, 0.4) is 0 Å². The van der Waals surface area contributed by atoms with E-state index in [4.69, 9.17) is 20.4 Å². The van der Waals surface area contributed by atoms with E-state index in [1.807, 2.05) is 0 Å². The Bertz CT molecular complexity index is 91.2. The zero-order chi connectivity index (χ0) is 10.2. The average molecular weight is 216 g/mol. The van der Waals surface area contributed by atoms with Gasteiger partial charge in [-0.3, -0.25) is 0 Å². The molecule has 0 fully saturated rings. The third kappa shape index (κ3) is 4.61. The van der Waals surface area contributed by atoms with Gasteiger partial charge in [0.1, 0.15) is 27.2 Å². The molecular formula is C4H12O8Si. The van der Waals surface area contributed by atoms with Crippen molar-refractivity contribution in [1.29, 1.82) is 0 Å². The highest BCUT2D eigenvalue weighted by Crippen LogP contribution is 2.09. The molecule has 80 valence electrons. The van der Waals surface area contributed by atoms with Gasteiger partial charge in [-0.2, -0.15) is 0 Å². The average Bonchev–Trinajstić information content (AvgIpc) is 2.06. The van der Waals surface area contributed by atoms with Gasteiger partial charge in [0.25, 0.3) is 0 Å². The molecule has 0 heterocycles. The van der Waals surface area contributed by atoms with E-state index in [9.17, 15) is 0 Å². The lowest BCUT2D eigenvalue weighted by Crippen LogP contribution is -2.50. The Balaban J connectivity index is 4.19. The Kier molecular flexibility index (Phi) is 7.26. The summed E-state index contributed by atoms with van der Waals surface area (Å²) in [4.78, 5) is 0. The highest BCUT2D eigenvalue weighted by atomic mass is 28.4. The van der Waals surface area contributed by atoms with E-state index >= 15 is 0 Å². The zero-order valence-corrected chi connectivity index (χ0v) is 7.75. The molecule has 0 atom stereocenters. The summed E-state index contributed by atoms with van der Waals surface area (Å²) in [6, 6.07) is 0. The monoisotopic (exact) mass is 216 g/mol. The van der Waals surface area contributed by atoms with E-state index in [0.29, 0.717) is 0 Å². The molecule has 9 heteroatoms. The number of aliphatic hydroxyl groups excluding tert-OH is 4. The first-order valence-corrected chi connectivity index (χ1v) is 4.87. The second-order valence-electron chi connectivity index (χ2n) is 1.59. The highest BCUT2D eigenvalue weighted by molar-refractivity contribution is 6.53. The van der Waals surface area contributed by atoms with Gasteiger partial charge in [0, 0.05) is 0 Å². The Hall–Kier alpha value is -0.103. The van der Waals surface area contributed by atoms with Crippen LogP contribution in [0.5, 0.6) is 0 Å². The Labute approximate surface area is 75.3 Å². The lowest BCUT2D eigenvalue weighted by Gasteiger charge is -2.24. The fraction of sp³-hybridized carbons (Fsp3) is 1.00. The van der Waals surface area contributed by atoms with Crippen LogP contribution in [0.1, 0.15) is 0 Å². The van der Waals surface area contributed by atoms with E-state index < -0.39 is 36.2 Å². The maximum atomic E-state index is 8.41. The van der Waals surface area contributed by atoms with Crippen LogP contribution in [0.25, 0.3) is 0 Å². The van der Waals surface area contributed by atoms with E-state index in [1.165, 1.54) is 0 Å². The fourth-order valence-electron chi connectivity index (χ4n) is 0.566. The van der Waals surface area contributed by atoms with Gasteiger partial charge in [-0.05, 0) is 0 Å². The summed E-state index contributed by atoms with van der Waals surface area (Å²) in [5, 5.41) is 33.6. The maximum absolute atomic E-state index is 8.41. The van der Waals surface area contributed by atoms with Crippen molar-refractivity contribution in [2.24, 2.45) is 0 Å². The van der Waals surface area contributed by atoms with Crippen LogP contribution in [-0.2, 0) is 17.7 Å². The van der Waals surface area contributed by atoms with Crippen molar-refractivity contribution in [3.8, 4) is 0 Å². The van der Waals surface area contributed by atoms with Crippen LogP contribution in [-0.4, -0.2) is 56.6 Å². The van der Waals surface area contributed by atoms with Gasteiger partial charge >= 0.3 is 9.05 Å². The number of aliphatic hydroxyl groups is 4. The summed E-state index contributed by atoms with van der Waals surface area (Å²) in [7, 11) is -3.80. The van der Waals surface area contributed by atoms with Crippen molar-refractivity contribution in [3.05, 3.63) is 0 Å². The van der Waals surface area contributed by atoms with Gasteiger partial charge < -0.3 is 38.1 Å². The van der Waals surface area contributed by atoms with Gasteiger partial charge in [0.15, 0.2) is 0 Å². The highest BCUT2D eigenvalue weighted by Gasteiger charge is 2.46. The molecular weight excluding hydrogens is 204 g/mol. The van der Waals surface area contributed by atoms with Gasteiger partial charge in [0.2, 0.25) is 0 Å². The molecule has 0 radical (unpaired) electrons. The molecule has 0 unspecified atom stereocenters. The minimum Gasteiger partial charge on any atom is -0.371 e. The minimum absolute atomic E-state index is 0.785. The second kappa shape index (κ2) is 7.31. The molecule has 0 aromatic heterocycles. The lowest BCUT2D eigenvalue weighted by atomic mass is 11.5. The van der Waals surface area contributed by atoms with Crippen molar-refractivity contribution >= 4 is 9.05 Å². The van der Waals surface area contributed by atoms with Crippen LogP contribution in [0.4, 0.5) is 0 Å². The van der Waals surface area contributed by atoms with Gasteiger partial charge in [-0.1, -0.05) is 0 Å². The molecule has 0 spiro atoms. The number of rotatable bonds is 8. The molecule has 0 bridgehead atoms. The molecule has 0 aliphatic rings. The van der Waals surface area contributed by atoms with E-state index in [0.717, 1.165) is 0 Å². The minimum atomic E-state index is -3.80. The first kappa shape index (κ1) is 12.9. The van der Waals surface area contributed by atoms with Crippen LogP contribution >= 0.6 is 0 Å². The van der Waals surface area contributed by atoms with E-state index in [-0.39, 0.29) is 0 Å². The predicted molar refractivity (Wildman–Crippen MR) is 38.4 cm³/mol. The molecule has 0 aromatic carbocycles. The molecule has 0 saturated carbocycles. The van der Waals surface area contributed by atoms with Crippen molar-refractivity contribution in [3.63, 3.8) is 0 Å². The van der Waals surface area contributed by atoms with Crippen molar-refractivity contribution in [2.45, 2.75) is 0 Å². The summed E-state index contributed by atoms with van der Waals surface area (Å²) >= 11 is 0. The van der Waals surface area contributed by atoms with Gasteiger partial charge in [0.05, 0.1) is 0 Å². The van der Waals surface area contributed by atoms with Gasteiger partial charge in [-0.25, -0.2) is 0 Å². The normalized spacial score (nSPS) is 12.0. The molecule has 4 N–H and O–H groups in total. The molecule has 0 rings (SSSR count). The third-order valence-corrected chi connectivity index (χ3v) is 2.90. The molecule has 8 nitrogen and oxygen atoms in total. The Morgan fingerprint density at radius 2 is 0.846 bits per heavy atom. The van der Waals surface area contributed by atoms with Crippen LogP contribution < -0.4 is 0 Å². The lowest BCUT2D eigenvalue weighted by molar-refractivity contribution is -0.133. The smallest absolute Gasteiger partial charge is 0.371 e. The van der Waals surface area contributed by atoms with E-state index in [2.05, 4.69) is 17.7 Å². The quantitative estimate of drug-likeness (QED) is 0.255. The largest absolute Gasteiger partial charge is 0.686 e. The topological polar surface area (TPSA) is 118 Å². The van der Waals surface area contributed by atoms with Crippen LogP contribution in [0.2, 0.25) is 0 Å². The molecule has 13 heavy (non-hydrogen) atoms. The van der Waals surface area contributed by atoms with Gasteiger partial charge in [-0.15, -0.1) is 0 Å². The zero-order valence-electron chi connectivity index (χ0n) is 6.75. The first-order chi connectivity index (χ1) is 6.24. The van der Waals surface area contributed by atoms with Crippen LogP contribution in [0, 0.1) is 0 Å². The van der Waals surface area contributed by atoms with Crippen LogP contribution in [0.15, 0.2) is 0 Å². The molecule has 0 amide bonds. The Morgan fingerprint density at radius 1 is 0.615 bits per heavy atom. The number of hydrogen-bond donors (Lipinski definition) is 4. The summed E-state index contributed by atoms with van der Waals surface area (Å²) in [5.41, 5.74) is 0. The maximum Gasteiger partial charge on any atom is 0.686 e. The summed E-state index contributed by atoms with van der Waals surface area (Å²) in [6.45, 7) is -3.14. The fourth-order valence-corrected chi connectivity index (χ4v) is 1.70. The second-order valence-corrected chi connectivity index (χ2v) is 3.75. The SMILES string of the molecule is OCO[Si](OCO)(OCO)OCO. The molecule has 0 aromatic rings. The summed E-state index contributed by atoms with van der Waals surface area (Å²) < 4.78 is 18.0. The molecule has 0 saturated heterocycles. The Morgan fingerprint density at radius 3 is 1.00 bits per heavy atom. The summed E-state index contributed by atoms with van der Waals surface area (Å²) in [6.07, 6.45) is 0. The summed E-state index contributed by atoms with van der Waals surface area (Å²) in [5.74, 6) is 0. The molecule has 0 aliphatic heterocycles. The number of hydrogen-bond acceptors (Lipinski definition) is 8. The van der Waals surface area contributed by atoms with Crippen molar-refractivity contribution in [2.75, 3.05) is 27.2 Å².